The van der Waals surface area contributed by atoms with Crippen molar-refractivity contribution in [1.29, 1.82) is 0 Å². The third-order valence-corrected chi connectivity index (χ3v) is 5.55. The summed E-state index contributed by atoms with van der Waals surface area (Å²) in [6, 6.07) is 0. The SMILES string of the molecule is CC(CC#CC1CC1)C(O)/C=C/[C@H]1[C@H](O)CC(=O)[C@@H]1CCCC/C=C/C(=O)O. The molecule has 0 bridgehead atoms. The van der Waals surface area contributed by atoms with Crippen LogP contribution in [0.25, 0.3) is 0 Å². The van der Waals surface area contributed by atoms with Gasteiger partial charge in [-0.2, -0.15) is 0 Å². The Morgan fingerprint density at radius 1 is 1.32 bits per heavy atom. The van der Waals surface area contributed by atoms with E-state index in [1.54, 1.807) is 18.2 Å². The van der Waals surface area contributed by atoms with Crippen LogP contribution < -0.4 is 0 Å². The van der Waals surface area contributed by atoms with E-state index in [9.17, 15) is 19.8 Å². The molecule has 2 aliphatic carbocycles. The van der Waals surface area contributed by atoms with Crippen LogP contribution in [0.4, 0.5) is 0 Å². The van der Waals surface area contributed by atoms with Crippen LogP contribution in [0.5, 0.6) is 0 Å². The molecule has 5 heteroatoms. The standard InChI is InChI=1S/C23H32O5/c1-16(7-6-8-17-11-12-17)20(24)14-13-19-18(21(25)15-22(19)26)9-4-2-3-5-10-23(27)28/h5,10,13-14,16-20,22,24,26H,2-4,7,9,11-12,15H2,1H3,(H,27,28)/b10-5+,14-13+/t16?,18-,19-,20?,22-/m1/s1. The highest BCUT2D eigenvalue weighted by Crippen LogP contribution is 2.34. The molecule has 0 aromatic rings. The van der Waals surface area contributed by atoms with Crippen LogP contribution in [0.2, 0.25) is 0 Å². The molecular formula is C23H32O5. The molecule has 154 valence electrons. The van der Waals surface area contributed by atoms with Gasteiger partial charge in [0, 0.05) is 36.7 Å². The fourth-order valence-corrected chi connectivity index (χ4v) is 3.55. The molecule has 3 N–H and O–H groups in total. The lowest BCUT2D eigenvalue weighted by molar-refractivity contribution is -0.131. The minimum atomic E-state index is -0.953. The van der Waals surface area contributed by atoms with Gasteiger partial charge in [0.25, 0.3) is 0 Å². The average Bonchev–Trinajstić information content (AvgIpc) is 3.41. The number of aliphatic hydroxyl groups excluding tert-OH is 2. The Kier molecular flexibility index (Phi) is 8.95. The van der Waals surface area contributed by atoms with E-state index in [0.29, 0.717) is 25.2 Å². The predicted octanol–water partition coefficient (Wildman–Crippen LogP) is 3.11. The number of rotatable bonds is 10. The highest BCUT2D eigenvalue weighted by atomic mass is 16.4. The summed E-state index contributed by atoms with van der Waals surface area (Å²) >= 11 is 0. The monoisotopic (exact) mass is 388 g/mol. The zero-order valence-corrected chi connectivity index (χ0v) is 16.6. The number of aliphatic hydroxyl groups is 2. The van der Waals surface area contributed by atoms with Crippen molar-refractivity contribution in [2.45, 2.75) is 70.5 Å². The Labute approximate surface area is 167 Å². The number of aliphatic carboxylic acids is 1. The van der Waals surface area contributed by atoms with Gasteiger partial charge in [-0.3, -0.25) is 4.79 Å². The van der Waals surface area contributed by atoms with Crippen molar-refractivity contribution in [2.75, 3.05) is 0 Å². The Morgan fingerprint density at radius 3 is 2.75 bits per heavy atom. The molecule has 28 heavy (non-hydrogen) atoms. The van der Waals surface area contributed by atoms with Gasteiger partial charge in [-0.1, -0.05) is 37.5 Å². The second kappa shape index (κ2) is 11.2. The molecule has 5 atom stereocenters. The molecule has 0 spiro atoms. The third kappa shape index (κ3) is 7.61. The molecule has 0 saturated heterocycles. The van der Waals surface area contributed by atoms with Crippen molar-refractivity contribution in [2.24, 2.45) is 23.7 Å². The maximum atomic E-state index is 12.2. The average molecular weight is 389 g/mol. The zero-order chi connectivity index (χ0) is 20.5. The Morgan fingerprint density at radius 2 is 2.07 bits per heavy atom. The summed E-state index contributed by atoms with van der Waals surface area (Å²) in [4.78, 5) is 22.7. The minimum Gasteiger partial charge on any atom is -0.478 e. The van der Waals surface area contributed by atoms with E-state index in [1.807, 2.05) is 6.92 Å². The molecule has 2 saturated carbocycles. The van der Waals surface area contributed by atoms with Crippen LogP contribution in [0.15, 0.2) is 24.3 Å². The molecule has 2 rings (SSSR count). The summed E-state index contributed by atoms with van der Waals surface area (Å²) in [6.07, 6.45) is 11.0. The highest BCUT2D eigenvalue weighted by Gasteiger charge is 2.39. The lowest BCUT2D eigenvalue weighted by atomic mass is 9.88. The number of carboxylic acids is 1. The first-order chi connectivity index (χ1) is 13.4. The number of hydrogen-bond acceptors (Lipinski definition) is 4. The molecule has 5 nitrogen and oxygen atoms in total. The number of unbranched alkanes of at least 4 members (excludes halogenated alkanes) is 2. The normalized spacial score (nSPS) is 27.1. The van der Waals surface area contributed by atoms with Crippen LogP contribution in [0.1, 0.15) is 58.3 Å². The second-order valence-electron chi connectivity index (χ2n) is 8.10. The van der Waals surface area contributed by atoms with E-state index in [1.165, 1.54) is 12.8 Å². The van der Waals surface area contributed by atoms with Crippen LogP contribution in [-0.4, -0.2) is 39.3 Å². The van der Waals surface area contributed by atoms with Gasteiger partial charge in [0.15, 0.2) is 0 Å². The van der Waals surface area contributed by atoms with Crippen molar-refractivity contribution in [3.05, 3.63) is 24.3 Å². The topological polar surface area (TPSA) is 94.8 Å². The van der Waals surface area contributed by atoms with Crippen LogP contribution in [0.3, 0.4) is 0 Å². The molecule has 0 amide bonds. The first-order valence-electron chi connectivity index (χ1n) is 10.3. The predicted molar refractivity (Wildman–Crippen MR) is 107 cm³/mol. The van der Waals surface area contributed by atoms with Crippen LogP contribution in [-0.2, 0) is 9.59 Å². The van der Waals surface area contributed by atoms with Gasteiger partial charge in [0.2, 0.25) is 0 Å². The summed E-state index contributed by atoms with van der Waals surface area (Å²) in [5.41, 5.74) is 0. The summed E-state index contributed by atoms with van der Waals surface area (Å²) in [5.74, 6) is 5.53. The summed E-state index contributed by atoms with van der Waals surface area (Å²) in [5, 5.41) is 29.1. The van der Waals surface area contributed by atoms with Crippen molar-refractivity contribution < 1.29 is 24.9 Å². The van der Waals surface area contributed by atoms with Crippen molar-refractivity contribution >= 4 is 11.8 Å². The molecule has 0 aromatic heterocycles. The van der Waals surface area contributed by atoms with Crippen molar-refractivity contribution in [1.82, 2.24) is 0 Å². The maximum Gasteiger partial charge on any atom is 0.327 e. The van der Waals surface area contributed by atoms with E-state index in [2.05, 4.69) is 11.8 Å². The number of Topliss-reactive ketones (excluding diaryl/α,β-unsaturated/α-hetero) is 1. The molecule has 0 aliphatic heterocycles. The molecule has 2 fully saturated rings. The van der Waals surface area contributed by atoms with E-state index in [4.69, 9.17) is 5.11 Å². The number of allylic oxidation sites excluding steroid dienone is 1. The minimum absolute atomic E-state index is 0.0104. The molecule has 0 radical (unpaired) electrons. The first kappa shape index (κ1) is 22.4. The third-order valence-electron chi connectivity index (χ3n) is 5.55. The molecule has 0 heterocycles. The zero-order valence-electron chi connectivity index (χ0n) is 16.6. The van der Waals surface area contributed by atoms with E-state index in [0.717, 1.165) is 18.9 Å². The fourth-order valence-electron chi connectivity index (χ4n) is 3.55. The van der Waals surface area contributed by atoms with E-state index in [-0.39, 0.29) is 30.0 Å². The smallest absolute Gasteiger partial charge is 0.327 e. The first-order valence-corrected chi connectivity index (χ1v) is 10.3. The number of hydrogen-bond donors (Lipinski definition) is 3. The van der Waals surface area contributed by atoms with Crippen LogP contribution in [0, 0.1) is 35.5 Å². The number of carboxylic acid groups (broad SMARTS) is 1. The highest BCUT2D eigenvalue weighted by molar-refractivity contribution is 5.84. The van der Waals surface area contributed by atoms with Gasteiger partial charge in [0.1, 0.15) is 5.78 Å². The number of carbonyl (C=O) groups is 2. The lowest BCUT2D eigenvalue weighted by Crippen LogP contribution is -2.20. The fraction of sp³-hybridized carbons (Fsp3) is 0.652. The molecule has 2 unspecified atom stereocenters. The van der Waals surface area contributed by atoms with Gasteiger partial charge in [0.05, 0.1) is 12.2 Å². The van der Waals surface area contributed by atoms with Gasteiger partial charge in [-0.15, -0.1) is 5.92 Å². The molecular weight excluding hydrogens is 356 g/mol. The Hall–Kier alpha value is -1.90. The number of ketones is 1. The number of carbonyl (C=O) groups excluding carboxylic acids is 1. The Balaban J connectivity index is 1.81. The van der Waals surface area contributed by atoms with Gasteiger partial charge in [-0.05, 0) is 38.0 Å². The van der Waals surface area contributed by atoms with Crippen molar-refractivity contribution in [3.8, 4) is 11.8 Å². The van der Waals surface area contributed by atoms with Gasteiger partial charge in [-0.25, -0.2) is 4.79 Å². The van der Waals surface area contributed by atoms with E-state index < -0.39 is 18.2 Å². The van der Waals surface area contributed by atoms with Gasteiger partial charge >= 0.3 is 5.97 Å². The summed E-state index contributed by atoms with van der Waals surface area (Å²) in [7, 11) is 0. The summed E-state index contributed by atoms with van der Waals surface area (Å²) < 4.78 is 0. The summed E-state index contributed by atoms with van der Waals surface area (Å²) in [6.45, 7) is 1.95. The van der Waals surface area contributed by atoms with E-state index >= 15 is 0 Å². The second-order valence-corrected chi connectivity index (χ2v) is 8.10. The quantitative estimate of drug-likeness (QED) is 0.231. The van der Waals surface area contributed by atoms with Gasteiger partial charge < -0.3 is 15.3 Å². The lowest BCUT2D eigenvalue weighted by Gasteiger charge is -2.19. The largest absolute Gasteiger partial charge is 0.478 e. The maximum absolute atomic E-state index is 12.2. The molecule has 2 aliphatic rings. The Bertz CT molecular complexity index is 650. The van der Waals surface area contributed by atoms with Crippen molar-refractivity contribution in [3.63, 3.8) is 0 Å². The molecule has 0 aromatic carbocycles. The van der Waals surface area contributed by atoms with Crippen LogP contribution >= 0.6 is 0 Å².